The molecule has 31 heavy (non-hydrogen) atoms. The van der Waals surface area contributed by atoms with Crippen LogP contribution in [-0.4, -0.2) is 47.1 Å². The number of rotatable bonds is 15. The predicted octanol–water partition coefficient (Wildman–Crippen LogP) is 4.75. The Morgan fingerprint density at radius 1 is 0.871 bits per heavy atom. The van der Waals surface area contributed by atoms with Crippen LogP contribution in [0.25, 0.3) is 0 Å². The fourth-order valence-corrected chi connectivity index (χ4v) is 3.37. The minimum atomic E-state index is 0.0982. The van der Waals surface area contributed by atoms with Crippen LogP contribution in [0, 0.1) is 12.0 Å². The molecule has 1 unspecified atom stereocenters. The summed E-state index contributed by atoms with van der Waals surface area (Å²) in [6.07, 6.45) is 3.01. The molecule has 6 heteroatoms. The summed E-state index contributed by atoms with van der Waals surface area (Å²) < 4.78 is 28.2. The van der Waals surface area contributed by atoms with E-state index in [2.05, 4.69) is 25.2 Å². The van der Waals surface area contributed by atoms with Crippen molar-refractivity contribution in [3.05, 3.63) is 42.5 Å². The van der Waals surface area contributed by atoms with Crippen molar-refractivity contribution in [2.45, 2.75) is 39.2 Å². The average Bonchev–Trinajstić information content (AvgIpc) is 2.77. The van der Waals surface area contributed by atoms with Crippen molar-refractivity contribution in [1.29, 1.82) is 0 Å². The minimum absolute atomic E-state index is 0.0982. The van der Waals surface area contributed by atoms with E-state index in [0.717, 1.165) is 43.9 Å². The zero-order valence-electron chi connectivity index (χ0n) is 19.4. The quantitative estimate of drug-likeness (QED) is 0.411. The molecule has 0 fully saturated rings. The largest absolute Gasteiger partial charge is 0.493 e. The fraction of sp³-hybridized carbons (Fsp3) is 0.520. The molecule has 0 amide bonds. The molecule has 0 aliphatic carbocycles. The van der Waals surface area contributed by atoms with E-state index in [1.54, 1.807) is 27.4 Å². The van der Waals surface area contributed by atoms with Gasteiger partial charge in [0.25, 0.3) is 0 Å². The van der Waals surface area contributed by atoms with Gasteiger partial charge in [-0.2, -0.15) is 0 Å². The van der Waals surface area contributed by atoms with Gasteiger partial charge in [-0.15, -0.1) is 0 Å². The molecule has 171 valence electrons. The Hall–Kier alpha value is -2.60. The molecule has 2 aromatic rings. The number of ether oxygens (including phenoxy) is 5. The number of hydrogen-bond acceptors (Lipinski definition) is 6. The van der Waals surface area contributed by atoms with Crippen LogP contribution in [-0.2, 0) is 0 Å². The normalized spacial score (nSPS) is 11.8. The van der Waals surface area contributed by atoms with E-state index < -0.39 is 0 Å². The van der Waals surface area contributed by atoms with Gasteiger partial charge in [0.2, 0.25) is 5.75 Å². The van der Waals surface area contributed by atoms with Crippen molar-refractivity contribution in [3.63, 3.8) is 0 Å². The van der Waals surface area contributed by atoms with Gasteiger partial charge in [0.1, 0.15) is 6.61 Å². The van der Waals surface area contributed by atoms with Crippen molar-refractivity contribution < 1.29 is 23.7 Å². The molecular weight excluding hydrogens is 394 g/mol. The summed E-state index contributed by atoms with van der Waals surface area (Å²) in [5.41, 5.74) is 0. The third kappa shape index (κ3) is 8.21. The van der Waals surface area contributed by atoms with E-state index >= 15 is 0 Å². The van der Waals surface area contributed by atoms with Crippen molar-refractivity contribution >= 4 is 0 Å². The predicted molar refractivity (Wildman–Crippen MR) is 123 cm³/mol. The van der Waals surface area contributed by atoms with Crippen molar-refractivity contribution in [2.24, 2.45) is 5.92 Å². The van der Waals surface area contributed by atoms with Crippen LogP contribution in [0.5, 0.6) is 28.7 Å². The molecule has 2 rings (SSSR count). The molecule has 0 heterocycles. The molecule has 1 N–H and O–H groups in total. The van der Waals surface area contributed by atoms with Crippen LogP contribution in [0.2, 0.25) is 0 Å². The Morgan fingerprint density at radius 3 is 2.26 bits per heavy atom. The van der Waals surface area contributed by atoms with E-state index in [9.17, 15) is 0 Å². The molecule has 6 nitrogen and oxygen atoms in total. The van der Waals surface area contributed by atoms with Gasteiger partial charge in [0, 0.05) is 6.54 Å². The number of methoxy groups -OCH3 is 3. The Labute approximate surface area is 186 Å². The topological polar surface area (TPSA) is 58.2 Å². The molecule has 0 bridgehead atoms. The van der Waals surface area contributed by atoms with Crippen LogP contribution in [0.4, 0.5) is 0 Å². The van der Waals surface area contributed by atoms with E-state index in [1.807, 2.05) is 30.3 Å². The third-order valence-corrected chi connectivity index (χ3v) is 4.81. The van der Waals surface area contributed by atoms with Gasteiger partial charge in [-0.05, 0) is 62.1 Å². The summed E-state index contributed by atoms with van der Waals surface area (Å²) in [5, 5.41) is 3.43. The smallest absolute Gasteiger partial charge is 0.203 e. The summed E-state index contributed by atoms with van der Waals surface area (Å²) in [5.74, 6) is 3.96. The Kier molecular flexibility index (Phi) is 10.9. The van der Waals surface area contributed by atoms with Crippen LogP contribution in [0.3, 0.4) is 0 Å². The first-order valence-corrected chi connectivity index (χ1v) is 10.8. The third-order valence-electron chi connectivity index (χ3n) is 4.81. The average molecular weight is 431 g/mol. The fourth-order valence-electron chi connectivity index (χ4n) is 3.37. The highest BCUT2D eigenvalue weighted by Gasteiger charge is 2.17. The molecule has 0 saturated heterocycles. The molecule has 2 aromatic carbocycles. The van der Waals surface area contributed by atoms with E-state index in [-0.39, 0.29) is 6.10 Å². The molecule has 0 saturated carbocycles. The molecular formula is C25H36NO5. The molecule has 1 atom stereocenters. The Bertz CT molecular complexity index is 765. The van der Waals surface area contributed by atoms with Crippen molar-refractivity contribution in [2.75, 3.05) is 41.0 Å². The van der Waals surface area contributed by atoms with E-state index in [4.69, 9.17) is 23.7 Å². The number of para-hydroxylation sites is 2. The van der Waals surface area contributed by atoms with Gasteiger partial charge in [-0.25, -0.2) is 0 Å². The zero-order chi connectivity index (χ0) is 22.5. The van der Waals surface area contributed by atoms with E-state index in [0.29, 0.717) is 29.8 Å². The molecule has 1 radical (unpaired) electrons. The lowest BCUT2D eigenvalue weighted by Gasteiger charge is -2.23. The first kappa shape index (κ1) is 24.7. The maximum absolute atomic E-state index is 6.30. The summed E-state index contributed by atoms with van der Waals surface area (Å²) in [7, 11) is 4.89. The highest BCUT2D eigenvalue weighted by molar-refractivity contribution is 5.50. The van der Waals surface area contributed by atoms with E-state index in [1.165, 1.54) is 0 Å². The summed E-state index contributed by atoms with van der Waals surface area (Å²) in [6.45, 7) is 6.67. The highest BCUT2D eigenvalue weighted by Crippen LogP contribution is 2.37. The zero-order valence-corrected chi connectivity index (χ0v) is 19.4. The lowest BCUT2D eigenvalue weighted by Crippen LogP contribution is -2.25. The van der Waals surface area contributed by atoms with Crippen LogP contribution in [0.15, 0.2) is 36.4 Å². The van der Waals surface area contributed by atoms with Gasteiger partial charge in [0.15, 0.2) is 23.0 Å². The molecule has 0 spiro atoms. The highest BCUT2D eigenvalue weighted by atomic mass is 16.5. The minimum Gasteiger partial charge on any atom is -0.493 e. The van der Waals surface area contributed by atoms with Gasteiger partial charge in [-0.1, -0.05) is 26.0 Å². The summed E-state index contributed by atoms with van der Waals surface area (Å²) in [4.78, 5) is 0. The summed E-state index contributed by atoms with van der Waals surface area (Å²) in [6, 6.07) is 14.3. The Morgan fingerprint density at radius 2 is 1.58 bits per heavy atom. The van der Waals surface area contributed by atoms with Crippen LogP contribution in [0.1, 0.15) is 33.1 Å². The van der Waals surface area contributed by atoms with Crippen LogP contribution < -0.4 is 29.0 Å². The molecule has 0 aromatic heterocycles. The van der Waals surface area contributed by atoms with Gasteiger partial charge < -0.3 is 29.0 Å². The van der Waals surface area contributed by atoms with Crippen molar-refractivity contribution in [1.82, 2.24) is 5.32 Å². The first-order chi connectivity index (χ1) is 15.1. The second kappa shape index (κ2) is 13.7. The van der Waals surface area contributed by atoms with Gasteiger partial charge >= 0.3 is 0 Å². The molecule has 0 aliphatic rings. The van der Waals surface area contributed by atoms with Gasteiger partial charge in [-0.3, -0.25) is 0 Å². The van der Waals surface area contributed by atoms with Gasteiger partial charge in [0.05, 0.1) is 27.4 Å². The van der Waals surface area contributed by atoms with Crippen LogP contribution >= 0.6 is 0 Å². The molecule has 0 aliphatic heterocycles. The SMILES string of the molecule is COc1ccccc1OCCNCCCC(CC(C)C)Oc1c[c]cc(OC)c1OC. The number of benzene rings is 2. The lowest BCUT2D eigenvalue weighted by atomic mass is 10.0. The van der Waals surface area contributed by atoms with Crippen molar-refractivity contribution in [3.8, 4) is 28.7 Å². The number of hydrogen-bond donors (Lipinski definition) is 1. The second-order valence-electron chi connectivity index (χ2n) is 7.68. The first-order valence-electron chi connectivity index (χ1n) is 10.8. The maximum atomic E-state index is 6.30. The maximum Gasteiger partial charge on any atom is 0.203 e. The summed E-state index contributed by atoms with van der Waals surface area (Å²) >= 11 is 0. The second-order valence-corrected chi connectivity index (χ2v) is 7.68. The Balaban J connectivity index is 1.77. The standard InChI is InChI=1S/C25H36NO5/c1-19(2)18-20(31-24-14-8-13-23(28-4)25(24)29-5)10-9-15-26-16-17-30-22-12-7-6-11-21(22)27-3/h6-7,11-14,19-20,26H,9-10,15-18H2,1-5H3. The lowest BCUT2D eigenvalue weighted by molar-refractivity contribution is 0.154. The monoisotopic (exact) mass is 430 g/mol. The number of nitrogens with one attached hydrogen (secondary N) is 1.